The summed E-state index contributed by atoms with van der Waals surface area (Å²) in [6, 6.07) is 11.1. The number of nitrogens with zero attached hydrogens (tertiary/aromatic N) is 3. The average molecular weight is 405 g/mol. The molecule has 0 unspecified atom stereocenters. The molecule has 150 valence electrons. The van der Waals surface area contributed by atoms with Crippen LogP contribution in [0, 0.1) is 11.7 Å². The van der Waals surface area contributed by atoms with Crippen LogP contribution in [-0.4, -0.2) is 55.2 Å². The van der Waals surface area contributed by atoms with Crippen LogP contribution in [-0.2, 0) is 21.2 Å². The largest absolute Gasteiger partial charge is 0.345 e. The van der Waals surface area contributed by atoms with Crippen molar-refractivity contribution in [1.29, 1.82) is 0 Å². The maximum atomic E-state index is 13.9. The van der Waals surface area contributed by atoms with Gasteiger partial charge in [-0.2, -0.15) is 4.31 Å². The van der Waals surface area contributed by atoms with Gasteiger partial charge in [0.1, 0.15) is 10.7 Å². The zero-order chi connectivity index (χ0) is 20.1. The van der Waals surface area contributed by atoms with Crippen LogP contribution in [0.25, 0.3) is 0 Å². The molecule has 0 bridgehead atoms. The van der Waals surface area contributed by atoms with Crippen LogP contribution in [0.1, 0.15) is 18.5 Å². The van der Waals surface area contributed by atoms with Crippen LogP contribution < -0.4 is 0 Å². The third kappa shape index (κ3) is 4.56. The molecular weight excluding hydrogens is 381 g/mol. The Labute approximate surface area is 165 Å². The normalized spacial score (nSPS) is 16.1. The van der Waals surface area contributed by atoms with E-state index in [-0.39, 0.29) is 29.8 Å². The standard InChI is InChI=1S/C20H24FN3O3S/c1-23(13-11-17-6-4-5-12-22-17)20(25)16-9-14-24(15-10-16)28(26,27)19-8-3-2-7-18(19)21/h2-8,12,16H,9-11,13-15H2,1H3. The Morgan fingerprint density at radius 2 is 1.86 bits per heavy atom. The molecule has 1 saturated heterocycles. The highest BCUT2D eigenvalue weighted by Gasteiger charge is 2.34. The summed E-state index contributed by atoms with van der Waals surface area (Å²) in [5, 5.41) is 0. The van der Waals surface area contributed by atoms with E-state index in [0.717, 1.165) is 11.8 Å². The van der Waals surface area contributed by atoms with E-state index >= 15 is 0 Å². The zero-order valence-electron chi connectivity index (χ0n) is 15.8. The molecule has 1 aliphatic rings. The van der Waals surface area contributed by atoms with Crippen molar-refractivity contribution < 1.29 is 17.6 Å². The zero-order valence-corrected chi connectivity index (χ0v) is 16.6. The van der Waals surface area contributed by atoms with Gasteiger partial charge in [-0.05, 0) is 37.1 Å². The van der Waals surface area contributed by atoms with E-state index in [4.69, 9.17) is 0 Å². The predicted octanol–water partition coefficient (Wildman–Crippen LogP) is 2.32. The molecule has 0 spiro atoms. The maximum absolute atomic E-state index is 13.9. The van der Waals surface area contributed by atoms with Crippen LogP contribution in [0.5, 0.6) is 0 Å². The smallest absolute Gasteiger partial charge is 0.245 e. The number of rotatable bonds is 6. The fraction of sp³-hybridized carbons (Fsp3) is 0.400. The number of amides is 1. The second-order valence-electron chi connectivity index (χ2n) is 6.94. The third-order valence-electron chi connectivity index (χ3n) is 5.06. The number of halogens is 1. The molecule has 1 fully saturated rings. The fourth-order valence-electron chi connectivity index (χ4n) is 3.39. The topological polar surface area (TPSA) is 70.6 Å². The molecule has 0 saturated carbocycles. The van der Waals surface area contributed by atoms with Gasteiger partial charge in [-0.3, -0.25) is 9.78 Å². The minimum Gasteiger partial charge on any atom is -0.345 e. The third-order valence-corrected chi connectivity index (χ3v) is 7.00. The van der Waals surface area contributed by atoms with Crippen molar-refractivity contribution in [3.8, 4) is 0 Å². The van der Waals surface area contributed by atoms with Crippen LogP contribution in [0.3, 0.4) is 0 Å². The monoisotopic (exact) mass is 405 g/mol. The molecule has 2 aromatic rings. The van der Waals surface area contributed by atoms with Gasteiger partial charge in [0.05, 0.1) is 0 Å². The number of likely N-dealkylation sites (N-methyl/N-ethyl adjacent to an activating group) is 1. The van der Waals surface area contributed by atoms with E-state index in [1.54, 1.807) is 18.1 Å². The van der Waals surface area contributed by atoms with Crippen molar-refractivity contribution in [2.24, 2.45) is 5.92 Å². The first-order valence-corrected chi connectivity index (χ1v) is 10.7. The highest BCUT2D eigenvalue weighted by Crippen LogP contribution is 2.26. The predicted molar refractivity (Wildman–Crippen MR) is 103 cm³/mol. The Morgan fingerprint density at radius 1 is 1.18 bits per heavy atom. The highest BCUT2D eigenvalue weighted by molar-refractivity contribution is 7.89. The number of carbonyl (C=O) groups excluding carboxylic acids is 1. The molecule has 3 rings (SSSR count). The number of pyridine rings is 1. The first kappa shape index (κ1) is 20.4. The summed E-state index contributed by atoms with van der Waals surface area (Å²) in [7, 11) is -2.13. The lowest BCUT2D eigenvalue weighted by Gasteiger charge is -2.32. The molecule has 6 nitrogen and oxygen atoms in total. The molecule has 8 heteroatoms. The number of sulfonamides is 1. The summed E-state index contributed by atoms with van der Waals surface area (Å²) in [5.41, 5.74) is 0.924. The van der Waals surface area contributed by atoms with Gasteiger partial charge in [-0.1, -0.05) is 18.2 Å². The molecule has 1 aliphatic heterocycles. The Kier molecular flexibility index (Phi) is 6.41. The lowest BCUT2D eigenvalue weighted by atomic mass is 9.96. The number of hydrogen-bond acceptors (Lipinski definition) is 4. The van der Waals surface area contributed by atoms with Crippen molar-refractivity contribution in [3.05, 3.63) is 60.2 Å². The summed E-state index contributed by atoms with van der Waals surface area (Å²) in [4.78, 5) is 18.3. The fourth-order valence-corrected chi connectivity index (χ4v) is 4.92. The lowest BCUT2D eigenvalue weighted by Crippen LogP contribution is -2.44. The van der Waals surface area contributed by atoms with E-state index in [1.165, 1.54) is 22.5 Å². The van der Waals surface area contributed by atoms with Crippen LogP contribution in [0.4, 0.5) is 4.39 Å². The van der Waals surface area contributed by atoms with Gasteiger partial charge >= 0.3 is 0 Å². The molecule has 0 N–H and O–H groups in total. The lowest BCUT2D eigenvalue weighted by molar-refractivity contribution is -0.135. The molecular formula is C20H24FN3O3S. The van der Waals surface area contributed by atoms with Crippen molar-refractivity contribution in [3.63, 3.8) is 0 Å². The van der Waals surface area contributed by atoms with Crippen molar-refractivity contribution >= 4 is 15.9 Å². The van der Waals surface area contributed by atoms with Gasteiger partial charge in [0.25, 0.3) is 0 Å². The van der Waals surface area contributed by atoms with Gasteiger partial charge in [0.2, 0.25) is 15.9 Å². The van der Waals surface area contributed by atoms with Crippen LogP contribution in [0.15, 0.2) is 53.6 Å². The van der Waals surface area contributed by atoms with Gasteiger partial charge in [-0.25, -0.2) is 12.8 Å². The number of hydrogen-bond donors (Lipinski definition) is 0. The minimum absolute atomic E-state index is 0.0128. The molecule has 1 amide bonds. The second-order valence-corrected chi connectivity index (χ2v) is 8.85. The van der Waals surface area contributed by atoms with Gasteiger partial charge in [0, 0.05) is 50.9 Å². The number of carbonyl (C=O) groups is 1. The molecule has 2 heterocycles. The summed E-state index contributed by atoms with van der Waals surface area (Å²) < 4.78 is 40.5. The summed E-state index contributed by atoms with van der Waals surface area (Å²) in [5.74, 6) is -0.963. The molecule has 28 heavy (non-hydrogen) atoms. The molecule has 0 radical (unpaired) electrons. The van der Waals surface area contributed by atoms with Crippen molar-refractivity contribution in [2.75, 3.05) is 26.7 Å². The first-order valence-electron chi connectivity index (χ1n) is 9.29. The van der Waals surface area contributed by atoms with Gasteiger partial charge < -0.3 is 4.90 Å². The number of benzene rings is 1. The van der Waals surface area contributed by atoms with Crippen molar-refractivity contribution in [1.82, 2.24) is 14.2 Å². The highest BCUT2D eigenvalue weighted by atomic mass is 32.2. The average Bonchev–Trinajstić information content (AvgIpc) is 2.72. The van der Waals surface area contributed by atoms with E-state index in [1.807, 2.05) is 18.2 Å². The Morgan fingerprint density at radius 3 is 2.50 bits per heavy atom. The SMILES string of the molecule is CN(CCc1ccccn1)C(=O)C1CCN(S(=O)(=O)c2ccccc2F)CC1. The van der Waals surface area contributed by atoms with Gasteiger partial charge in [-0.15, -0.1) is 0 Å². The van der Waals surface area contributed by atoms with E-state index < -0.39 is 15.8 Å². The quantitative estimate of drug-likeness (QED) is 0.740. The van der Waals surface area contributed by atoms with E-state index in [0.29, 0.717) is 25.8 Å². The second kappa shape index (κ2) is 8.79. The molecule has 0 atom stereocenters. The molecule has 1 aromatic carbocycles. The molecule has 1 aromatic heterocycles. The summed E-state index contributed by atoms with van der Waals surface area (Å²) in [6.07, 6.45) is 3.26. The van der Waals surface area contributed by atoms with Gasteiger partial charge in [0.15, 0.2) is 0 Å². The van der Waals surface area contributed by atoms with Crippen molar-refractivity contribution in [2.45, 2.75) is 24.2 Å². The van der Waals surface area contributed by atoms with E-state index in [9.17, 15) is 17.6 Å². The Balaban J connectivity index is 1.56. The van der Waals surface area contributed by atoms with Crippen LogP contribution >= 0.6 is 0 Å². The Hall–Kier alpha value is -2.32. The molecule has 0 aliphatic carbocycles. The minimum atomic E-state index is -3.88. The number of aromatic nitrogens is 1. The number of piperidine rings is 1. The van der Waals surface area contributed by atoms with E-state index in [2.05, 4.69) is 4.98 Å². The maximum Gasteiger partial charge on any atom is 0.245 e. The Bertz CT molecular complexity index is 913. The van der Waals surface area contributed by atoms with Crippen LogP contribution in [0.2, 0.25) is 0 Å². The summed E-state index contributed by atoms with van der Waals surface area (Å²) >= 11 is 0. The summed E-state index contributed by atoms with van der Waals surface area (Å²) in [6.45, 7) is 0.978. The first-order chi connectivity index (χ1) is 13.4.